The molecule has 1 amide bonds. The molecule has 0 saturated carbocycles. The standard InChI is InChI=1S/C12H16N2O3S/c1-2-17-10-5-3-9(4-6-10)11(16)14-12(18)13-7-8-15/h3-6,15H,2,7-8H2,1H3,(H2,13,14,16,18). The van der Waals surface area contributed by atoms with Crippen molar-refractivity contribution in [2.75, 3.05) is 19.8 Å². The van der Waals surface area contributed by atoms with Crippen LogP contribution in [0, 0.1) is 0 Å². The highest BCUT2D eigenvalue weighted by Gasteiger charge is 2.07. The molecule has 0 heterocycles. The fraction of sp³-hybridized carbons (Fsp3) is 0.333. The van der Waals surface area contributed by atoms with Gasteiger partial charge in [-0.3, -0.25) is 10.1 Å². The third-order valence-electron chi connectivity index (χ3n) is 2.05. The van der Waals surface area contributed by atoms with E-state index in [2.05, 4.69) is 10.6 Å². The van der Waals surface area contributed by atoms with Crippen LogP contribution in [0.3, 0.4) is 0 Å². The van der Waals surface area contributed by atoms with E-state index in [4.69, 9.17) is 22.1 Å². The van der Waals surface area contributed by atoms with Crippen molar-refractivity contribution < 1.29 is 14.6 Å². The van der Waals surface area contributed by atoms with E-state index >= 15 is 0 Å². The fourth-order valence-corrected chi connectivity index (χ4v) is 1.45. The SMILES string of the molecule is CCOc1ccc(C(=O)NC(=S)NCCO)cc1. The highest BCUT2D eigenvalue weighted by Crippen LogP contribution is 2.11. The van der Waals surface area contributed by atoms with Crippen molar-refractivity contribution in [2.24, 2.45) is 0 Å². The second-order valence-electron chi connectivity index (χ2n) is 3.39. The Hall–Kier alpha value is -1.66. The number of carbonyl (C=O) groups excluding carboxylic acids is 1. The molecule has 0 aliphatic rings. The number of carbonyl (C=O) groups is 1. The lowest BCUT2D eigenvalue weighted by Gasteiger charge is -2.08. The van der Waals surface area contributed by atoms with E-state index in [1.807, 2.05) is 6.92 Å². The van der Waals surface area contributed by atoms with Crippen LogP contribution in [0.4, 0.5) is 0 Å². The quantitative estimate of drug-likeness (QED) is 0.685. The summed E-state index contributed by atoms with van der Waals surface area (Å²) in [5, 5.41) is 14.0. The zero-order valence-electron chi connectivity index (χ0n) is 10.1. The van der Waals surface area contributed by atoms with Gasteiger partial charge in [-0.1, -0.05) is 0 Å². The molecule has 6 heteroatoms. The molecule has 18 heavy (non-hydrogen) atoms. The minimum Gasteiger partial charge on any atom is -0.494 e. The number of hydrogen-bond donors (Lipinski definition) is 3. The van der Waals surface area contributed by atoms with Crippen molar-refractivity contribution in [2.45, 2.75) is 6.92 Å². The fourth-order valence-electron chi connectivity index (χ4n) is 1.26. The Morgan fingerprint density at radius 2 is 2.06 bits per heavy atom. The van der Waals surface area contributed by atoms with Crippen LogP contribution >= 0.6 is 12.2 Å². The van der Waals surface area contributed by atoms with E-state index in [-0.39, 0.29) is 17.6 Å². The third-order valence-corrected chi connectivity index (χ3v) is 2.30. The van der Waals surface area contributed by atoms with Crippen molar-refractivity contribution in [3.05, 3.63) is 29.8 Å². The van der Waals surface area contributed by atoms with Crippen LogP contribution < -0.4 is 15.4 Å². The summed E-state index contributed by atoms with van der Waals surface area (Å²) in [5.74, 6) is 0.420. The zero-order chi connectivity index (χ0) is 13.4. The predicted octanol–water partition coefficient (Wildman–Crippen LogP) is 0.682. The third kappa shape index (κ3) is 4.68. The van der Waals surface area contributed by atoms with Crippen LogP contribution in [0.1, 0.15) is 17.3 Å². The highest BCUT2D eigenvalue weighted by atomic mass is 32.1. The molecule has 0 aliphatic carbocycles. The first-order valence-electron chi connectivity index (χ1n) is 5.60. The topological polar surface area (TPSA) is 70.6 Å². The van der Waals surface area contributed by atoms with Gasteiger partial charge in [-0.05, 0) is 43.4 Å². The molecule has 0 saturated heterocycles. The van der Waals surface area contributed by atoms with E-state index in [1.165, 1.54) is 0 Å². The molecule has 0 fully saturated rings. The Bertz CT molecular complexity index is 406. The lowest BCUT2D eigenvalue weighted by Crippen LogP contribution is -2.40. The van der Waals surface area contributed by atoms with Gasteiger partial charge in [-0.15, -0.1) is 0 Å². The van der Waals surface area contributed by atoms with Crippen molar-refractivity contribution in [3.8, 4) is 5.75 Å². The van der Waals surface area contributed by atoms with E-state index in [0.29, 0.717) is 18.7 Å². The van der Waals surface area contributed by atoms with Crippen LogP contribution in [0.25, 0.3) is 0 Å². The van der Waals surface area contributed by atoms with Crippen molar-refractivity contribution in [3.63, 3.8) is 0 Å². The Morgan fingerprint density at radius 3 is 2.61 bits per heavy atom. The monoisotopic (exact) mass is 268 g/mol. The number of amides is 1. The smallest absolute Gasteiger partial charge is 0.257 e. The maximum Gasteiger partial charge on any atom is 0.257 e. The maximum absolute atomic E-state index is 11.7. The van der Waals surface area contributed by atoms with Gasteiger partial charge in [-0.25, -0.2) is 0 Å². The Balaban J connectivity index is 2.53. The summed E-state index contributed by atoms with van der Waals surface area (Å²) in [6.45, 7) is 2.74. The first kappa shape index (κ1) is 14.4. The van der Waals surface area contributed by atoms with Crippen molar-refractivity contribution >= 4 is 23.2 Å². The zero-order valence-corrected chi connectivity index (χ0v) is 10.9. The minimum absolute atomic E-state index is 0.0426. The number of thiocarbonyl (C=S) groups is 1. The van der Waals surface area contributed by atoms with Gasteiger partial charge in [0.25, 0.3) is 5.91 Å². The average Bonchev–Trinajstić information content (AvgIpc) is 2.37. The van der Waals surface area contributed by atoms with Gasteiger partial charge in [0.2, 0.25) is 0 Å². The minimum atomic E-state index is -0.298. The molecule has 1 aromatic rings. The molecule has 0 bridgehead atoms. The van der Waals surface area contributed by atoms with E-state index < -0.39 is 0 Å². The number of aliphatic hydroxyl groups excluding tert-OH is 1. The number of hydrogen-bond acceptors (Lipinski definition) is 4. The summed E-state index contributed by atoms with van der Waals surface area (Å²) in [4.78, 5) is 11.7. The Kier molecular flexibility index (Phi) is 6.10. The lowest BCUT2D eigenvalue weighted by atomic mass is 10.2. The molecule has 0 spiro atoms. The van der Waals surface area contributed by atoms with Crippen LogP contribution in [-0.4, -0.2) is 35.9 Å². The largest absolute Gasteiger partial charge is 0.494 e. The summed E-state index contributed by atoms with van der Waals surface area (Å²) in [7, 11) is 0. The molecule has 3 N–H and O–H groups in total. The second-order valence-corrected chi connectivity index (χ2v) is 3.80. The van der Waals surface area contributed by atoms with Gasteiger partial charge in [0.05, 0.1) is 13.2 Å². The van der Waals surface area contributed by atoms with Gasteiger partial charge < -0.3 is 15.2 Å². The predicted molar refractivity (Wildman–Crippen MR) is 72.8 cm³/mol. The summed E-state index contributed by atoms with van der Waals surface area (Å²) < 4.78 is 5.28. The normalized spacial score (nSPS) is 9.67. The first-order valence-corrected chi connectivity index (χ1v) is 6.01. The summed E-state index contributed by atoms with van der Waals surface area (Å²) in [5.41, 5.74) is 0.492. The van der Waals surface area contributed by atoms with Gasteiger partial charge in [0, 0.05) is 12.1 Å². The summed E-state index contributed by atoms with van der Waals surface area (Å²) in [6, 6.07) is 6.77. The molecule has 0 unspecified atom stereocenters. The van der Waals surface area contributed by atoms with Gasteiger partial charge in [0.1, 0.15) is 5.75 Å². The van der Waals surface area contributed by atoms with E-state index in [0.717, 1.165) is 5.75 Å². The molecule has 0 aromatic heterocycles. The molecular weight excluding hydrogens is 252 g/mol. The first-order chi connectivity index (χ1) is 8.67. The average molecular weight is 268 g/mol. The van der Waals surface area contributed by atoms with Gasteiger partial charge in [0.15, 0.2) is 5.11 Å². The molecular formula is C12H16N2O3S. The van der Waals surface area contributed by atoms with E-state index in [9.17, 15) is 4.79 Å². The highest BCUT2D eigenvalue weighted by molar-refractivity contribution is 7.80. The summed E-state index contributed by atoms with van der Waals surface area (Å²) >= 11 is 4.88. The Morgan fingerprint density at radius 1 is 1.39 bits per heavy atom. The maximum atomic E-state index is 11.7. The van der Waals surface area contributed by atoms with Crippen molar-refractivity contribution in [1.82, 2.24) is 10.6 Å². The molecule has 1 rings (SSSR count). The molecule has 0 atom stereocenters. The van der Waals surface area contributed by atoms with Gasteiger partial charge >= 0.3 is 0 Å². The molecule has 1 aromatic carbocycles. The van der Waals surface area contributed by atoms with Crippen molar-refractivity contribution in [1.29, 1.82) is 0 Å². The molecule has 0 aliphatic heterocycles. The van der Waals surface area contributed by atoms with Crippen LogP contribution in [0.5, 0.6) is 5.75 Å². The van der Waals surface area contributed by atoms with Crippen LogP contribution in [0.15, 0.2) is 24.3 Å². The van der Waals surface area contributed by atoms with E-state index in [1.54, 1.807) is 24.3 Å². The molecule has 98 valence electrons. The van der Waals surface area contributed by atoms with Gasteiger partial charge in [-0.2, -0.15) is 0 Å². The molecule has 0 radical (unpaired) electrons. The van der Waals surface area contributed by atoms with Crippen LogP contribution in [-0.2, 0) is 0 Å². The number of aliphatic hydroxyl groups is 1. The summed E-state index contributed by atoms with van der Waals surface area (Å²) in [6.07, 6.45) is 0. The number of ether oxygens (including phenoxy) is 1. The number of rotatable bonds is 5. The van der Waals surface area contributed by atoms with Crippen LogP contribution in [0.2, 0.25) is 0 Å². The Labute approximate surface area is 111 Å². The number of nitrogens with one attached hydrogen (secondary N) is 2. The lowest BCUT2D eigenvalue weighted by molar-refractivity contribution is 0.0976. The second kappa shape index (κ2) is 7.62. The number of benzene rings is 1. The molecule has 5 nitrogen and oxygen atoms in total.